The van der Waals surface area contributed by atoms with Crippen molar-refractivity contribution in [3.63, 3.8) is 0 Å². The first-order valence-corrected chi connectivity index (χ1v) is 28.8. The number of unbranched alkanes of at least 4 members (excludes halogenated alkanes) is 38. The lowest BCUT2D eigenvalue weighted by Crippen LogP contribution is -2.50. The summed E-state index contributed by atoms with van der Waals surface area (Å²) in [6, 6.07) is 0. The summed E-state index contributed by atoms with van der Waals surface area (Å²) >= 11 is 0. The van der Waals surface area contributed by atoms with Gasteiger partial charge in [-0.25, -0.2) is 0 Å². The zero-order chi connectivity index (χ0) is 44.5. The highest BCUT2D eigenvalue weighted by molar-refractivity contribution is 4.60. The first-order valence-electron chi connectivity index (χ1n) is 28.8. The van der Waals surface area contributed by atoms with Gasteiger partial charge in [-0.2, -0.15) is 0 Å². The summed E-state index contributed by atoms with van der Waals surface area (Å²) in [5.74, 6) is -0.831. The van der Waals surface area contributed by atoms with Crippen LogP contribution in [0.15, 0.2) is 0 Å². The van der Waals surface area contributed by atoms with Gasteiger partial charge in [0.25, 0.3) is 5.97 Å². The van der Waals surface area contributed by atoms with Crippen LogP contribution in [0, 0.1) is 0 Å². The molecule has 0 aliphatic heterocycles. The van der Waals surface area contributed by atoms with Crippen LogP contribution < -0.4 is 0 Å². The minimum absolute atomic E-state index is 0.623. The van der Waals surface area contributed by atoms with Gasteiger partial charge < -0.3 is 18.7 Å². The molecule has 4 heteroatoms. The molecule has 0 heterocycles. The van der Waals surface area contributed by atoms with Gasteiger partial charge in [0.2, 0.25) is 0 Å². The van der Waals surface area contributed by atoms with Gasteiger partial charge in [0.05, 0.1) is 26.2 Å². The molecule has 0 spiro atoms. The van der Waals surface area contributed by atoms with E-state index >= 15 is 0 Å². The summed E-state index contributed by atoms with van der Waals surface area (Å²) in [5.41, 5.74) is 0. The van der Waals surface area contributed by atoms with Crippen LogP contribution >= 0.6 is 0 Å². The van der Waals surface area contributed by atoms with Gasteiger partial charge >= 0.3 is 0 Å². The highest BCUT2D eigenvalue weighted by Crippen LogP contribution is 2.25. The molecule has 0 bridgehead atoms. The normalized spacial score (nSPS) is 12.3. The monoisotopic (exact) mass is 865 g/mol. The van der Waals surface area contributed by atoms with E-state index in [4.69, 9.17) is 14.2 Å². The topological polar surface area (TPSA) is 27.7 Å². The Kier molecular flexibility index (Phi) is 49.1. The number of hydrogen-bond acceptors (Lipinski definition) is 3. The fourth-order valence-electron chi connectivity index (χ4n) is 10.0. The molecular formula is C57H118NO3+. The molecule has 0 aromatic rings. The molecule has 0 aliphatic rings. The van der Waals surface area contributed by atoms with E-state index in [0.29, 0.717) is 19.8 Å². The van der Waals surface area contributed by atoms with Crippen LogP contribution in [0.25, 0.3) is 0 Å². The fraction of sp³-hybridized carbons (Fsp3) is 1.00. The van der Waals surface area contributed by atoms with Crippen molar-refractivity contribution >= 4 is 0 Å². The molecule has 0 rings (SSSR count). The molecule has 0 amide bonds. The molecule has 61 heavy (non-hydrogen) atoms. The van der Waals surface area contributed by atoms with Crippen LogP contribution in [0.1, 0.15) is 318 Å². The first-order chi connectivity index (χ1) is 30.1. The lowest BCUT2D eigenvalue weighted by Gasteiger charge is -2.40. The van der Waals surface area contributed by atoms with E-state index in [9.17, 15) is 0 Å². The van der Waals surface area contributed by atoms with Gasteiger partial charge in [-0.15, -0.1) is 0 Å². The first kappa shape index (κ1) is 60.8. The van der Waals surface area contributed by atoms with Crippen molar-refractivity contribution in [3.8, 4) is 0 Å². The predicted octanol–water partition coefficient (Wildman–Crippen LogP) is 19.4. The summed E-state index contributed by atoms with van der Waals surface area (Å²) in [7, 11) is 0. The summed E-state index contributed by atoms with van der Waals surface area (Å²) < 4.78 is 19.2. The van der Waals surface area contributed by atoms with E-state index < -0.39 is 5.97 Å². The molecular weight excluding hydrogens is 747 g/mol. The molecule has 0 aromatic heterocycles. The van der Waals surface area contributed by atoms with Gasteiger partial charge in [-0.05, 0) is 78.6 Å². The van der Waals surface area contributed by atoms with Crippen molar-refractivity contribution in [1.82, 2.24) is 0 Å². The number of nitrogens with zero attached hydrogens (tertiary/aromatic N) is 1. The van der Waals surface area contributed by atoms with Crippen molar-refractivity contribution in [2.45, 2.75) is 324 Å². The third-order valence-electron chi connectivity index (χ3n) is 13.9. The van der Waals surface area contributed by atoms with Gasteiger partial charge in [-0.1, -0.05) is 233 Å². The number of hydrogen-bond donors (Lipinski definition) is 0. The van der Waals surface area contributed by atoms with E-state index in [1.807, 2.05) is 20.8 Å². The largest absolute Gasteiger partial charge is 0.328 e. The second-order valence-corrected chi connectivity index (χ2v) is 19.8. The Bertz CT molecular complexity index is 766. The Morgan fingerprint density at radius 2 is 0.410 bits per heavy atom. The zero-order valence-electron chi connectivity index (χ0n) is 43.5. The molecule has 0 N–H and O–H groups in total. The highest BCUT2D eigenvalue weighted by Gasteiger charge is 2.31. The number of ether oxygens (including phenoxy) is 3. The van der Waals surface area contributed by atoms with Gasteiger partial charge in [0.15, 0.2) is 0 Å². The molecule has 0 radical (unpaired) electrons. The molecule has 0 fully saturated rings. The molecule has 0 atom stereocenters. The smallest absolute Gasteiger partial charge is 0.282 e. The molecule has 0 aromatic carbocycles. The quantitative estimate of drug-likeness (QED) is 0.0346. The lowest BCUT2D eigenvalue weighted by atomic mass is 10.0. The van der Waals surface area contributed by atoms with Crippen molar-refractivity contribution in [2.24, 2.45) is 0 Å². The van der Waals surface area contributed by atoms with Crippen LogP contribution in [0.3, 0.4) is 0 Å². The zero-order valence-corrected chi connectivity index (χ0v) is 43.5. The number of quaternary nitrogens is 1. The highest BCUT2D eigenvalue weighted by atomic mass is 16.9. The Balaban J connectivity index is 4.84. The number of rotatable bonds is 54. The molecule has 4 nitrogen and oxygen atoms in total. The maximum absolute atomic E-state index is 5.93. The Morgan fingerprint density at radius 3 is 0.607 bits per heavy atom. The van der Waals surface area contributed by atoms with Crippen LogP contribution in [0.5, 0.6) is 0 Å². The average molecular weight is 866 g/mol. The van der Waals surface area contributed by atoms with Gasteiger partial charge in [-0.3, -0.25) is 0 Å². The van der Waals surface area contributed by atoms with Crippen LogP contribution in [0.4, 0.5) is 0 Å². The Hall–Kier alpha value is -0.160. The third-order valence-corrected chi connectivity index (χ3v) is 13.9. The SMILES string of the molecule is CCCCCCCCCCCCCCCCCC[N+](CCCCCCCCCC)(CCCCCCCCCC)CCCCCCCCCCCCC(OCC)(OCC)OCC. The van der Waals surface area contributed by atoms with E-state index in [2.05, 4.69) is 20.8 Å². The second-order valence-electron chi connectivity index (χ2n) is 19.8. The predicted molar refractivity (Wildman–Crippen MR) is 273 cm³/mol. The maximum Gasteiger partial charge on any atom is 0.282 e. The summed E-state index contributed by atoms with van der Waals surface area (Å²) in [6.07, 6.45) is 61.0. The average Bonchev–Trinajstić information content (AvgIpc) is 3.26. The third kappa shape index (κ3) is 41.0. The summed E-state index contributed by atoms with van der Waals surface area (Å²) in [6.45, 7) is 20.8. The summed E-state index contributed by atoms with van der Waals surface area (Å²) in [4.78, 5) is 0. The van der Waals surface area contributed by atoms with Crippen molar-refractivity contribution in [2.75, 3.05) is 46.0 Å². The fourth-order valence-corrected chi connectivity index (χ4v) is 10.0. The molecule has 0 saturated heterocycles. The lowest BCUT2D eigenvalue weighted by molar-refractivity contribution is -0.929. The standard InChI is InChI=1S/C57H118NO3/c1-7-13-16-19-22-25-26-27-28-29-30-32-35-40-45-50-55-58(53-48-43-38-23-20-17-14-8-2,54-49-44-39-24-21-18-15-9-3)56-51-46-41-36-33-31-34-37-42-47-52-57(59-10-4,60-11-5)61-12-6/h7-56H2,1-6H3/q+1. The molecule has 0 saturated carbocycles. The van der Waals surface area contributed by atoms with Crippen molar-refractivity contribution in [1.29, 1.82) is 0 Å². The molecule has 0 unspecified atom stereocenters. The summed E-state index contributed by atoms with van der Waals surface area (Å²) in [5, 5.41) is 0. The molecule has 368 valence electrons. The minimum atomic E-state index is -0.831. The Labute approximate surface area is 386 Å². The van der Waals surface area contributed by atoms with Crippen molar-refractivity contribution < 1.29 is 18.7 Å². The van der Waals surface area contributed by atoms with Gasteiger partial charge in [0, 0.05) is 26.2 Å². The maximum atomic E-state index is 5.93. The van der Waals surface area contributed by atoms with Crippen molar-refractivity contribution in [3.05, 3.63) is 0 Å². The molecule has 0 aliphatic carbocycles. The van der Waals surface area contributed by atoms with E-state index in [-0.39, 0.29) is 0 Å². The Morgan fingerprint density at radius 1 is 0.230 bits per heavy atom. The van der Waals surface area contributed by atoms with E-state index in [1.54, 1.807) is 0 Å². The van der Waals surface area contributed by atoms with E-state index in [0.717, 1.165) is 12.8 Å². The van der Waals surface area contributed by atoms with Crippen LogP contribution in [0.2, 0.25) is 0 Å². The van der Waals surface area contributed by atoms with E-state index in [1.165, 1.54) is 294 Å². The van der Waals surface area contributed by atoms with Gasteiger partial charge in [0.1, 0.15) is 0 Å². The minimum Gasteiger partial charge on any atom is -0.328 e. The second kappa shape index (κ2) is 49.3. The van der Waals surface area contributed by atoms with Crippen LogP contribution in [-0.4, -0.2) is 56.5 Å². The van der Waals surface area contributed by atoms with Crippen LogP contribution in [-0.2, 0) is 14.2 Å².